The van der Waals surface area contributed by atoms with Gasteiger partial charge in [-0.3, -0.25) is 0 Å². The van der Waals surface area contributed by atoms with Crippen LogP contribution in [-0.2, 0) is 18.0 Å². The molecule has 3 rings (SSSR count). The first-order valence-electron chi connectivity index (χ1n) is 11.1. The quantitative estimate of drug-likeness (QED) is 0.384. The normalized spacial score (nSPS) is 15.7. The maximum atomic E-state index is 10.0. The highest BCUT2D eigenvalue weighted by Gasteiger charge is 2.14. The molecule has 2 N–H and O–H groups in total. The van der Waals surface area contributed by atoms with E-state index in [9.17, 15) is 5.11 Å². The molecule has 1 fully saturated rings. The Morgan fingerprint density at radius 1 is 0.833 bits per heavy atom. The molecule has 0 saturated heterocycles. The molecule has 2 aromatic rings. The molecule has 1 atom stereocenters. The predicted octanol–water partition coefficient (Wildman–Crippen LogP) is 4.83. The SMILES string of the molecule is OCc1ccc(OCCCC(O)OCc2ccc(OCC3CCCCC3)cc2)cc1. The maximum Gasteiger partial charge on any atom is 0.155 e. The van der Waals surface area contributed by atoms with Gasteiger partial charge >= 0.3 is 0 Å². The Bertz CT molecular complexity index is 707. The average Bonchev–Trinajstić information content (AvgIpc) is 2.81. The molecular formula is C25H34O5. The smallest absolute Gasteiger partial charge is 0.155 e. The van der Waals surface area contributed by atoms with Gasteiger partial charge in [0.2, 0.25) is 0 Å². The highest BCUT2D eigenvalue weighted by atomic mass is 16.6. The summed E-state index contributed by atoms with van der Waals surface area (Å²) in [6, 6.07) is 15.3. The van der Waals surface area contributed by atoms with Crippen molar-refractivity contribution >= 4 is 0 Å². The van der Waals surface area contributed by atoms with Crippen molar-refractivity contribution in [2.45, 2.75) is 64.4 Å². The Hall–Kier alpha value is -2.08. The maximum absolute atomic E-state index is 10.0. The zero-order valence-corrected chi connectivity index (χ0v) is 17.7. The number of hydrogen-bond donors (Lipinski definition) is 2. The molecule has 0 aliphatic heterocycles. The Labute approximate surface area is 179 Å². The molecule has 1 aliphatic rings. The Morgan fingerprint density at radius 2 is 1.47 bits per heavy atom. The Morgan fingerprint density at radius 3 is 2.13 bits per heavy atom. The molecule has 0 amide bonds. The van der Waals surface area contributed by atoms with E-state index < -0.39 is 6.29 Å². The third kappa shape index (κ3) is 7.98. The number of benzene rings is 2. The van der Waals surface area contributed by atoms with Crippen molar-refractivity contribution in [3.63, 3.8) is 0 Å². The lowest BCUT2D eigenvalue weighted by Gasteiger charge is -2.21. The van der Waals surface area contributed by atoms with E-state index in [-0.39, 0.29) is 6.61 Å². The Balaban J connectivity index is 1.27. The van der Waals surface area contributed by atoms with Crippen molar-refractivity contribution in [2.24, 2.45) is 5.92 Å². The van der Waals surface area contributed by atoms with Crippen molar-refractivity contribution in [3.05, 3.63) is 59.7 Å². The first-order chi connectivity index (χ1) is 14.7. The highest BCUT2D eigenvalue weighted by molar-refractivity contribution is 5.27. The largest absolute Gasteiger partial charge is 0.494 e. The van der Waals surface area contributed by atoms with Crippen molar-refractivity contribution in [3.8, 4) is 11.5 Å². The standard InChI is InChI=1S/C25H34O5/c26-17-20-8-12-23(13-9-20)28-16-4-7-25(27)30-19-22-10-14-24(15-11-22)29-18-21-5-2-1-3-6-21/h8-15,21,25-27H,1-7,16-19H2. The van der Waals surface area contributed by atoms with Gasteiger partial charge in [-0.05, 0) is 60.6 Å². The lowest BCUT2D eigenvalue weighted by Crippen LogP contribution is -2.15. The van der Waals surface area contributed by atoms with Crippen LogP contribution in [0, 0.1) is 5.92 Å². The summed E-state index contributed by atoms with van der Waals surface area (Å²) < 4.78 is 17.1. The van der Waals surface area contributed by atoms with Gasteiger partial charge in [-0.25, -0.2) is 0 Å². The molecule has 0 heterocycles. The summed E-state index contributed by atoms with van der Waals surface area (Å²) in [5, 5.41) is 19.1. The fraction of sp³-hybridized carbons (Fsp3) is 0.520. The molecule has 5 nitrogen and oxygen atoms in total. The van der Waals surface area contributed by atoms with Crippen LogP contribution in [0.2, 0.25) is 0 Å². The summed E-state index contributed by atoms with van der Waals surface area (Å²) in [5.41, 5.74) is 1.87. The molecule has 1 aliphatic carbocycles. The molecule has 0 radical (unpaired) electrons. The van der Waals surface area contributed by atoms with Crippen LogP contribution < -0.4 is 9.47 Å². The second-order valence-corrected chi connectivity index (χ2v) is 8.02. The summed E-state index contributed by atoms with van der Waals surface area (Å²) in [6.07, 6.45) is 6.98. The van der Waals surface area contributed by atoms with Crippen LogP contribution in [0.1, 0.15) is 56.1 Å². The van der Waals surface area contributed by atoms with Crippen LogP contribution in [0.5, 0.6) is 11.5 Å². The monoisotopic (exact) mass is 414 g/mol. The molecule has 0 spiro atoms. The molecular weight excluding hydrogens is 380 g/mol. The minimum atomic E-state index is -0.812. The van der Waals surface area contributed by atoms with E-state index in [1.54, 1.807) is 0 Å². The van der Waals surface area contributed by atoms with Crippen molar-refractivity contribution in [1.82, 2.24) is 0 Å². The van der Waals surface area contributed by atoms with E-state index in [0.717, 1.165) is 29.2 Å². The van der Waals surface area contributed by atoms with Gasteiger partial charge in [0.05, 0.1) is 26.4 Å². The molecule has 1 unspecified atom stereocenters. The Kier molecular flexibility index (Phi) is 9.48. The van der Waals surface area contributed by atoms with E-state index in [1.807, 2.05) is 48.5 Å². The minimum absolute atomic E-state index is 0.0278. The summed E-state index contributed by atoms with van der Waals surface area (Å²) in [4.78, 5) is 0. The number of aliphatic hydroxyl groups is 2. The molecule has 2 aromatic carbocycles. The predicted molar refractivity (Wildman–Crippen MR) is 116 cm³/mol. The van der Waals surface area contributed by atoms with Crippen LogP contribution in [0.15, 0.2) is 48.5 Å². The second-order valence-electron chi connectivity index (χ2n) is 8.02. The van der Waals surface area contributed by atoms with Crippen molar-refractivity contribution in [2.75, 3.05) is 13.2 Å². The molecule has 1 saturated carbocycles. The molecule has 0 bridgehead atoms. The van der Waals surface area contributed by atoms with Crippen LogP contribution in [0.25, 0.3) is 0 Å². The number of aliphatic hydroxyl groups excluding tert-OH is 2. The first-order valence-corrected chi connectivity index (χ1v) is 11.1. The molecule has 164 valence electrons. The summed E-state index contributed by atoms with van der Waals surface area (Å²) >= 11 is 0. The number of ether oxygens (including phenoxy) is 3. The average molecular weight is 415 g/mol. The van der Waals surface area contributed by atoms with Gasteiger partial charge < -0.3 is 24.4 Å². The van der Waals surface area contributed by atoms with Gasteiger partial charge in [-0.1, -0.05) is 43.5 Å². The third-order valence-corrected chi connectivity index (χ3v) is 5.55. The summed E-state index contributed by atoms with van der Waals surface area (Å²) in [6.45, 7) is 1.71. The lowest BCUT2D eigenvalue weighted by atomic mass is 9.90. The molecule has 5 heteroatoms. The zero-order chi connectivity index (χ0) is 21.0. The summed E-state index contributed by atoms with van der Waals surface area (Å²) in [7, 11) is 0. The zero-order valence-electron chi connectivity index (χ0n) is 17.7. The molecule has 30 heavy (non-hydrogen) atoms. The van der Waals surface area contributed by atoms with Crippen LogP contribution in [0.4, 0.5) is 0 Å². The molecule has 0 aromatic heterocycles. The topological polar surface area (TPSA) is 68.2 Å². The fourth-order valence-corrected chi connectivity index (χ4v) is 3.66. The number of rotatable bonds is 12. The van der Waals surface area contributed by atoms with Gasteiger partial charge in [-0.15, -0.1) is 0 Å². The van der Waals surface area contributed by atoms with Crippen molar-refractivity contribution < 1.29 is 24.4 Å². The van der Waals surface area contributed by atoms with Crippen LogP contribution in [-0.4, -0.2) is 29.7 Å². The van der Waals surface area contributed by atoms with E-state index in [1.165, 1.54) is 32.1 Å². The van der Waals surface area contributed by atoms with Gasteiger partial charge in [0.25, 0.3) is 0 Å². The van der Waals surface area contributed by atoms with Gasteiger partial charge in [-0.2, -0.15) is 0 Å². The van der Waals surface area contributed by atoms with Gasteiger partial charge in [0.1, 0.15) is 11.5 Å². The summed E-state index contributed by atoms with van der Waals surface area (Å²) in [5.74, 6) is 2.35. The van der Waals surface area contributed by atoms with Gasteiger partial charge in [0, 0.05) is 6.42 Å². The van der Waals surface area contributed by atoms with Crippen LogP contribution in [0.3, 0.4) is 0 Å². The van der Waals surface area contributed by atoms with Gasteiger partial charge in [0.15, 0.2) is 6.29 Å². The number of hydrogen-bond acceptors (Lipinski definition) is 5. The lowest BCUT2D eigenvalue weighted by molar-refractivity contribution is -0.113. The van der Waals surface area contributed by atoms with E-state index >= 15 is 0 Å². The third-order valence-electron chi connectivity index (χ3n) is 5.55. The first kappa shape index (κ1) is 22.6. The van der Waals surface area contributed by atoms with Crippen molar-refractivity contribution in [1.29, 1.82) is 0 Å². The van der Waals surface area contributed by atoms with E-state index in [0.29, 0.717) is 32.0 Å². The minimum Gasteiger partial charge on any atom is -0.494 e. The fourth-order valence-electron chi connectivity index (χ4n) is 3.66. The second kappa shape index (κ2) is 12.6. The van der Waals surface area contributed by atoms with Crippen LogP contribution >= 0.6 is 0 Å². The van der Waals surface area contributed by atoms with E-state index in [2.05, 4.69) is 0 Å². The van der Waals surface area contributed by atoms with E-state index in [4.69, 9.17) is 19.3 Å². The highest BCUT2D eigenvalue weighted by Crippen LogP contribution is 2.25.